The molecule has 4 heteroatoms. The molecule has 0 heterocycles. The van der Waals surface area contributed by atoms with Crippen molar-refractivity contribution in [3.63, 3.8) is 0 Å². The van der Waals surface area contributed by atoms with Gasteiger partial charge >= 0.3 is 0 Å². The molecule has 0 aliphatic heterocycles. The Hall–Kier alpha value is -0.740. The molecule has 2 N–H and O–H groups in total. The summed E-state index contributed by atoms with van der Waals surface area (Å²) in [5.41, 5.74) is 6.93. The summed E-state index contributed by atoms with van der Waals surface area (Å²) in [5, 5.41) is 0.0922. The van der Waals surface area contributed by atoms with E-state index in [1.165, 1.54) is 12.1 Å². The zero-order chi connectivity index (χ0) is 11.4. The molecule has 0 fully saturated rings. The van der Waals surface area contributed by atoms with Crippen molar-refractivity contribution in [2.45, 2.75) is 31.4 Å². The number of halogens is 1. The zero-order valence-electron chi connectivity index (χ0n) is 9.00. The van der Waals surface area contributed by atoms with Crippen LogP contribution in [0.5, 0.6) is 0 Å². The van der Waals surface area contributed by atoms with Gasteiger partial charge in [-0.15, -0.1) is 0 Å². The Morgan fingerprint density at radius 3 is 2.47 bits per heavy atom. The van der Waals surface area contributed by atoms with E-state index in [0.717, 1.165) is 11.1 Å². The van der Waals surface area contributed by atoms with Crippen LogP contribution in [0.2, 0.25) is 0 Å². The Bertz CT molecular complexity index is 366. The van der Waals surface area contributed by atoms with Crippen molar-refractivity contribution in [1.29, 1.82) is 0 Å². The first-order valence-electron chi connectivity index (χ1n) is 4.88. The Kier molecular flexibility index (Phi) is 4.42. The average Bonchev–Trinajstić information content (AvgIpc) is 2.16. The van der Waals surface area contributed by atoms with Crippen LogP contribution in [0.15, 0.2) is 18.2 Å². The van der Waals surface area contributed by atoms with Crippen LogP contribution < -0.4 is 5.73 Å². The first kappa shape index (κ1) is 12.3. The van der Waals surface area contributed by atoms with Gasteiger partial charge in [0, 0.05) is 28.3 Å². The molecule has 0 saturated heterocycles. The van der Waals surface area contributed by atoms with Crippen LogP contribution in [-0.2, 0) is 23.1 Å². The third-order valence-corrected chi connectivity index (χ3v) is 3.76. The summed E-state index contributed by atoms with van der Waals surface area (Å²) in [6.45, 7) is 4.08. The maximum absolute atomic E-state index is 13.1. The van der Waals surface area contributed by atoms with Crippen LogP contribution in [0.1, 0.15) is 25.0 Å². The van der Waals surface area contributed by atoms with Crippen molar-refractivity contribution in [3.8, 4) is 0 Å². The average molecular weight is 229 g/mol. The van der Waals surface area contributed by atoms with Gasteiger partial charge < -0.3 is 5.73 Å². The standard InChI is InChI=1S/C11H16FNOS/c1-8(2)15(14)7-10-3-9(6-13)4-11(12)5-10/h3-5,8H,6-7,13H2,1-2H3. The summed E-state index contributed by atoms with van der Waals surface area (Å²) in [6.07, 6.45) is 0. The molecule has 1 aromatic rings. The molecule has 0 amide bonds. The molecule has 84 valence electrons. The number of hydrogen-bond donors (Lipinski definition) is 1. The lowest BCUT2D eigenvalue weighted by atomic mass is 10.1. The lowest BCUT2D eigenvalue weighted by Gasteiger charge is -2.07. The van der Waals surface area contributed by atoms with Gasteiger partial charge in [0.25, 0.3) is 0 Å². The number of nitrogens with two attached hydrogens (primary N) is 1. The van der Waals surface area contributed by atoms with Crippen LogP contribution >= 0.6 is 0 Å². The highest BCUT2D eigenvalue weighted by Crippen LogP contribution is 2.12. The molecule has 15 heavy (non-hydrogen) atoms. The van der Waals surface area contributed by atoms with Gasteiger partial charge in [0.1, 0.15) is 5.82 Å². The van der Waals surface area contributed by atoms with Crippen molar-refractivity contribution in [3.05, 3.63) is 35.1 Å². The van der Waals surface area contributed by atoms with Crippen molar-refractivity contribution in [2.75, 3.05) is 0 Å². The van der Waals surface area contributed by atoms with E-state index in [1.54, 1.807) is 0 Å². The fraction of sp³-hybridized carbons (Fsp3) is 0.455. The molecule has 0 aromatic heterocycles. The Labute approximate surface area is 92.1 Å². The minimum atomic E-state index is -0.949. The minimum Gasteiger partial charge on any atom is -0.326 e. The molecular weight excluding hydrogens is 213 g/mol. The van der Waals surface area contributed by atoms with Gasteiger partial charge in [-0.1, -0.05) is 19.9 Å². The summed E-state index contributed by atoms with van der Waals surface area (Å²) < 4.78 is 24.7. The molecule has 0 aliphatic rings. The number of benzene rings is 1. The molecule has 0 radical (unpaired) electrons. The number of hydrogen-bond acceptors (Lipinski definition) is 2. The van der Waals surface area contributed by atoms with Crippen molar-refractivity contribution < 1.29 is 8.60 Å². The molecule has 0 saturated carbocycles. The molecule has 0 spiro atoms. The lowest BCUT2D eigenvalue weighted by Crippen LogP contribution is -2.08. The monoisotopic (exact) mass is 229 g/mol. The minimum absolute atomic E-state index is 0.0922. The van der Waals surface area contributed by atoms with Gasteiger partial charge in [0.15, 0.2) is 0 Å². The maximum atomic E-state index is 13.1. The highest BCUT2D eigenvalue weighted by molar-refractivity contribution is 7.84. The third kappa shape index (κ3) is 3.72. The predicted octanol–water partition coefficient (Wildman–Crippen LogP) is 1.94. The van der Waals surface area contributed by atoms with Gasteiger partial charge in [-0.25, -0.2) is 4.39 Å². The summed E-state index contributed by atoms with van der Waals surface area (Å²) >= 11 is 0. The summed E-state index contributed by atoms with van der Waals surface area (Å²) in [7, 11) is -0.949. The van der Waals surface area contributed by atoms with Gasteiger partial charge in [-0.05, 0) is 23.3 Å². The van der Waals surface area contributed by atoms with E-state index in [1.807, 2.05) is 19.9 Å². The van der Waals surface area contributed by atoms with E-state index in [-0.39, 0.29) is 11.1 Å². The summed E-state index contributed by atoms with van der Waals surface area (Å²) in [4.78, 5) is 0. The second-order valence-corrected chi connectivity index (χ2v) is 5.74. The van der Waals surface area contributed by atoms with Crippen molar-refractivity contribution in [2.24, 2.45) is 5.73 Å². The van der Waals surface area contributed by atoms with E-state index in [2.05, 4.69) is 0 Å². The normalized spacial score (nSPS) is 13.1. The highest BCUT2D eigenvalue weighted by Gasteiger charge is 2.08. The molecule has 2 nitrogen and oxygen atoms in total. The van der Waals surface area contributed by atoms with Crippen LogP contribution in [-0.4, -0.2) is 9.46 Å². The Balaban J connectivity index is 2.85. The van der Waals surface area contributed by atoms with E-state index in [0.29, 0.717) is 12.3 Å². The zero-order valence-corrected chi connectivity index (χ0v) is 9.81. The predicted molar refractivity (Wildman–Crippen MR) is 61.3 cm³/mol. The molecular formula is C11H16FNOS. The Morgan fingerprint density at radius 2 is 1.93 bits per heavy atom. The smallest absolute Gasteiger partial charge is 0.123 e. The molecule has 1 aromatic carbocycles. The molecule has 0 bridgehead atoms. The molecule has 1 unspecified atom stereocenters. The van der Waals surface area contributed by atoms with Crippen LogP contribution in [0, 0.1) is 5.82 Å². The topological polar surface area (TPSA) is 43.1 Å². The van der Waals surface area contributed by atoms with E-state index in [4.69, 9.17) is 5.73 Å². The second kappa shape index (κ2) is 5.37. The molecule has 1 rings (SSSR count). The second-order valence-electron chi connectivity index (χ2n) is 3.75. The lowest BCUT2D eigenvalue weighted by molar-refractivity contribution is 0.623. The number of rotatable bonds is 4. The quantitative estimate of drug-likeness (QED) is 0.857. The van der Waals surface area contributed by atoms with Gasteiger partial charge in [0.05, 0.1) is 0 Å². The fourth-order valence-corrected chi connectivity index (χ4v) is 2.08. The van der Waals surface area contributed by atoms with Crippen molar-refractivity contribution >= 4 is 10.8 Å². The maximum Gasteiger partial charge on any atom is 0.123 e. The first-order valence-corrected chi connectivity index (χ1v) is 6.26. The highest BCUT2D eigenvalue weighted by atomic mass is 32.2. The van der Waals surface area contributed by atoms with Crippen LogP contribution in [0.4, 0.5) is 4.39 Å². The van der Waals surface area contributed by atoms with Gasteiger partial charge in [-0.2, -0.15) is 0 Å². The fourth-order valence-electron chi connectivity index (χ4n) is 1.25. The Morgan fingerprint density at radius 1 is 1.33 bits per heavy atom. The van der Waals surface area contributed by atoms with E-state index >= 15 is 0 Å². The van der Waals surface area contributed by atoms with Gasteiger partial charge in [0.2, 0.25) is 0 Å². The van der Waals surface area contributed by atoms with Crippen LogP contribution in [0.25, 0.3) is 0 Å². The third-order valence-electron chi connectivity index (χ3n) is 2.09. The van der Waals surface area contributed by atoms with Crippen molar-refractivity contribution in [1.82, 2.24) is 0 Å². The first-order chi connectivity index (χ1) is 7.02. The molecule has 0 aliphatic carbocycles. The molecule has 1 atom stereocenters. The summed E-state index contributed by atoms with van der Waals surface area (Å²) in [6, 6.07) is 4.63. The van der Waals surface area contributed by atoms with Crippen LogP contribution in [0.3, 0.4) is 0 Å². The van der Waals surface area contributed by atoms with E-state index < -0.39 is 10.8 Å². The van der Waals surface area contributed by atoms with E-state index in [9.17, 15) is 8.60 Å². The van der Waals surface area contributed by atoms with Gasteiger partial charge in [-0.3, -0.25) is 4.21 Å². The SMILES string of the molecule is CC(C)S(=O)Cc1cc(F)cc(CN)c1. The summed E-state index contributed by atoms with van der Waals surface area (Å²) in [5.74, 6) is 0.0799. The largest absolute Gasteiger partial charge is 0.326 e.